The normalized spacial score (nSPS) is 10.5. The van der Waals surface area contributed by atoms with Gasteiger partial charge in [0.1, 0.15) is 0 Å². The number of amides is 1. The molecule has 0 bridgehead atoms. The van der Waals surface area contributed by atoms with E-state index in [1.807, 2.05) is 48.5 Å². The minimum atomic E-state index is 0.0523. The quantitative estimate of drug-likeness (QED) is 0.685. The van der Waals surface area contributed by atoms with Crippen molar-refractivity contribution in [1.29, 1.82) is 0 Å². The lowest BCUT2D eigenvalue weighted by Crippen LogP contribution is -2.27. The fourth-order valence-corrected chi connectivity index (χ4v) is 3.55. The summed E-state index contributed by atoms with van der Waals surface area (Å²) in [6.07, 6.45) is 0.411. The van der Waals surface area contributed by atoms with Crippen LogP contribution in [0.5, 0.6) is 0 Å². The van der Waals surface area contributed by atoms with Crippen molar-refractivity contribution in [2.75, 3.05) is 12.3 Å². The highest BCUT2D eigenvalue weighted by Gasteiger charge is 2.04. The molecule has 0 spiro atoms. The number of rotatable bonds is 7. The van der Waals surface area contributed by atoms with Gasteiger partial charge in [-0.1, -0.05) is 57.9 Å². The van der Waals surface area contributed by atoms with Crippen LogP contribution >= 0.6 is 39.3 Å². The number of thioether (sulfide) groups is 1. The molecular weight excluding hydrogens is 382 g/mol. The summed E-state index contributed by atoms with van der Waals surface area (Å²) in [6, 6.07) is 15.7. The number of carbonyl (C=O) groups is 1. The summed E-state index contributed by atoms with van der Waals surface area (Å²) in [4.78, 5) is 11.9. The second kappa shape index (κ2) is 9.23. The summed E-state index contributed by atoms with van der Waals surface area (Å²) in [5.41, 5.74) is 2.14. The summed E-state index contributed by atoms with van der Waals surface area (Å²) in [5, 5.41) is 3.74. The summed E-state index contributed by atoms with van der Waals surface area (Å²) in [7, 11) is 0. The maximum atomic E-state index is 11.9. The predicted molar refractivity (Wildman–Crippen MR) is 98.5 cm³/mol. The van der Waals surface area contributed by atoms with Crippen LogP contribution in [0.2, 0.25) is 5.02 Å². The number of hydrogen-bond acceptors (Lipinski definition) is 2. The summed E-state index contributed by atoms with van der Waals surface area (Å²) in [6.45, 7) is 0.669. The molecule has 0 unspecified atom stereocenters. The molecule has 0 fully saturated rings. The predicted octanol–water partition coefficient (Wildman–Crippen LogP) is 4.69. The molecule has 0 aromatic heterocycles. The zero-order valence-corrected chi connectivity index (χ0v) is 15.2. The molecule has 2 aromatic rings. The maximum Gasteiger partial charge on any atom is 0.224 e. The Bertz CT molecular complexity index is 636. The van der Waals surface area contributed by atoms with E-state index < -0.39 is 0 Å². The third-order valence-corrected chi connectivity index (χ3v) is 4.91. The Kier molecular flexibility index (Phi) is 7.30. The van der Waals surface area contributed by atoms with Crippen molar-refractivity contribution in [3.8, 4) is 0 Å². The highest BCUT2D eigenvalue weighted by atomic mass is 79.9. The van der Waals surface area contributed by atoms with Gasteiger partial charge in [-0.3, -0.25) is 4.79 Å². The second-order valence-corrected chi connectivity index (χ2v) is 7.23. The molecule has 22 heavy (non-hydrogen) atoms. The van der Waals surface area contributed by atoms with Crippen LogP contribution < -0.4 is 5.32 Å². The molecule has 116 valence electrons. The van der Waals surface area contributed by atoms with Crippen LogP contribution in [-0.2, 0) is 17.0 Å². The minimum absolute atomic E-state index is 0.0523. The molecule has 0 aliphatic rings. The van der Waals surface area contributed by atoms with E-state index in [1.54, 1.807) is 11.8 Å². The Hall–Kier alpha value is -0.970. The lowest BCUT2D eigenvalue weighted by molar-refractivity contribution is -0.120. The Balaban J connectivity index is 1.64. The number of nitrogens with one attached hydrogen (secondary N) is 1. The average molecular weight is 399 g/mol. The topological polar surface area (TPSA) is 29.1 Å². The van der Waals surface area contributed by atoms with Crippen LogP contribution in [0.4, 0.5) is 0 Å². The molecular formula is C17H17BrClNOS. The maximum absolute atomic E-state index is 11.9. The molecule has 0 atom stereocenters. The van der Waals surface area contributed by atoms with Crippen LogP contribution in [0, 0.1) is 0 Å². The van der Waals surface area contributed by atoms with Crippen molar-refractivity contribution in [3.63, 3.8) is 0 Å². The van der Waals surface area contributed by atoms with Gasteiger partial charge in [-0.2, -0.15) is 11.8 Å². The lowest BCUT2D eigenvalue weighted by atomic mass is 10.1. The minimum Gasteiger partial charge on any atom is -0.355 e. The SMILES string of the molecule is O=C(Cc1cccc(Br)c1)NCCSCc1ccccc1Cl. The first-order chi connectivity index (χ1) is 10.6. The van der Waals surface area contributed by atoms with Crippen molar-refractivity contribution in [2.24, 2.45) is 0 Å². The van der Waals surface area contributed by atoms with Gasteiger partial charge in [0.2, 0.25) is 5.91 Å². The number of carbonyl (C=O) groups excluding carboxylic acids is 1. The van der Waals surface area contributed by atoms with Gasteiger partial charge in [0, 0.05) is 27.5 Å². The van der Waals surface area contributed by atoms with Gasteiger partial charge in [0.25, 0.3) is 0 Å². The van der Waals surface area contributed by atoms with Gasteiger partial charge in [-0.05, 0) is 29.3 Å². The van der Waals surface area contributed by atoms with Gasteiger partial charge < -0.3 is 5.32 Å². The largest absolute Gasteiger partial charge is 0.355 e. The standard InChI is InChI=1S/C17H17BrClNOS/c18-15-6-3-4-13(10-15)11-17(21)20-8-9-22-12-14-5-1-2-7-16(14)19/h1-7,10H,8-9,11-12H2,(H,20,21). The van der Waals surface area contributed by atoms with Crippen LogP contribution in [0.25, 0.3) is 0 Å². The average Bonchev–Trinajstić information content (AvgIpc) is 2.48. The lowest BCUT2D eigenvalue weighted by Gasteiger charge is -2.06. The van der Waals surface area contributed by atoms with E-state index in [9.17, 15) is 4.79 Å². The zero-order valence-electron chi connectivity index (χ0n) is 12.0. The number of benzene rings is 2. The Morgan fingerprint density at radius 3 is 2.77 bits per heavy atom. The third kappa shape index (κ3) is 6.03. The molecule has 1 N–H and O–H groups in total. The van der Waals surface area contributed by atoms with Crippen molar-refractivity contribution in [1.82, 2.24) is 5.32 Å². The van der Waals surface area contributed by atoms with E-state index in [-0.39, 0.29) is 5.91 Å². The molecule has 0 radical (unpaired) electrons. The summed E-state index contributed by atoms with van der Waals surface area (Å²) < 4.78 is 0.994. The number of halogens is 2. The fraction of sp³-hybridized carbons (Fsp3) is 0.235. The molecule has 0 aliphatic heterocycles. The molecule has 2 nitrogen and oxygen atoms in total. The van der Waals surface area contributed by atoms with E-state index in [2.05, 4.69) is 21.2 Å². The zero-order chi connectivity index (χ0) is 15.8. The fourth-order valence-electron chi connectivity index (χ4n) is 1.96. The van der Waals surface area contributed by atoms with Gasteiger partial charge in [0.05, 0.1) is 6.42 Å². The highest BCUT2D eigenvalue weighted by Crippen LogP contribution is 2.20. The van der Waals surface area contributed by atoms with Crippen LogP contribution in [0.15, 0.2) is 53.0 Å². The Labute approximate surface area is 148 Å². The van der Waals surface area contributed by atoms with E-state index in [0.717, 1.165) is 32.1 Å². The van der Waals surface area contributed by atoms with Gasteiger partial charge in [-0.25, -0.2) is 0 Å². The number of hydrogen-bond donors (Lipinski definition) is 1. The smallest absolute Gasteiger partial charge is 0.224 e. The van der Waals surface area contributed by atoms with Crippen molar-refractivity contribution in [3.05, 3.63) is 69.2 Å². The first-order valence-electron chi connectivity index (χ1n) is 6.97. The first-order valence-corrected chi connectivity index (χ1v) is 9.30. The Morgan fingerprint density at radius 2 is 2.00 bits per heavy atom. The molecule has 0 saturated heterocycles. The van der Waals surface area contributed by atoms with Crippen LogP contribution in [0.1, 0.15) is 11.1 Å². The third-order valence-electron chi connectivity index (χ3n) is 3.04. The van der Waals surface area contributed by atoms with E-state index in [4.69, 9.17) is 11.6 Å². The Morgan fingerprint density at radius 1 is 1.18 bits per heavy atom. The molecule has 2 rings (SSSR count). The van der Waals surface area contributed by atoms with Crippen molar-refractivity contribution >= 4 is 45.2 Å². The van der Waals surface area contributed by atoms with E-state index >= 15 is 0 Å². The van der Waals surface area contributed by atoms with Crippen molar-refractivity contribution in [2.45, 2.75) is 12.2 Å². The van der Waals surface area contributed by atoms with Crippen LogP contribution in [0.3, 0.4) is 0 Å². The molecule has 1 amide bonds. The molecule has 2 aromatic carbocycles. The highest BCUT2D eigenvalue weighted by molar-refractivity contribution is 9.10. The van der Waals surface area contributed by atoms with Crippen molar-refractivity contribution < 1.29 is 4.79 Å². The molecule has 0 saturated carbocycles. The molecule has 0 aliphatic carbocycles. The van der Waals surface area contributed by atoms with E-state index in [1.165, 1.54) is 0 Å². The monoisotopic (exact) mass is 397 g/mol. The van der Waals surface area contributed by atoms with Crippen LogP contribution in [-0.4, -0.2) is 18.2 Å². The molecule has 0 heterocycles. The summed E-state index contributed by atoms with van der Waals surface area (Å²) >= 11 is 11.3. The van der Waals surface area contributed by atoms with Gasteiger partial charge in [-0.15, -0.1) is 0 Å². The van der Waals surface area contributed by atoms with Gasteiger partial charge >= 0.3 is 0 Å². The summed E-state index contributed by atoms with van der Waals surface area (Å²) in [5.74, 6) is 1.79. The molecule has 5 heteroatoms. The van der Waals surface area contributed by atoms with E-state index in [0.29, 0.717) is 13.0 Å². The van der Waals surface area contributed by atoms with Gasteiger partial charge in [0.15, 0.2) is 0 Å². The first kappa shape index (κ1) is 17.4. The second-order valence-electron chi connectivity index (χ2n) is 4.80.